The van der Waals surface area contributed by atoms with Gasteiger partial charge in [0.25, 0.3) is 5.91 Å². The fourth-order valence-corrected chi connectivity index (χ4v) is 2.00. The summed E-state index contributed by atoms with van der Waals surface area (Å²) in [5, 5.41) is 1.22. The van der Waals surface area contributed by atoms with Crippen molar-refractivity contribution in [3.8, 4) is 5.75 Å². The van der Waals surface area contributed by atoms with Crippen LogP contribution in [0.3, 0.4) is 0 Å². The molecule has 1 aromatic carbocycles. The largest absolute Gasteiger partial charge is 0.494 e. The normalized spacial score (nSPS) is 10.1. The fraction of sp³-hybridized carbons (Fsp3) is 0.417. The second-order valence-corrected chi connectivity index (χ2v) is 4.32. The Hall–Kier alpha value is -1.20. The van der Waals surface area contributed by atoms with Crippen LogP contribution in [0.1, 0.15) is 6.92 Å². The molecule has 1 aromatic rings. The van der Waals surface area contributed by atoms with Gasteiger partial charge in [0, 0.05) is 11.9 Å². The number of carbonyl (C=O) groups is 1. The van der Waals surface area contributed by atoms with Gasteiger partial charge in [-0.05, 0) is 25.1 Å². The lowest BCUT2D eigenvalue weighted by atomic mass is 10.3. The van der Waals surface area contributed by atoms with Crippen LogP contribution in [0.2, 0.25) is 0 Å². The van der Waals surface area contributed by atoms with E-state index < -0.39 is 0 Å². The maximum absolute atomic E-state index is 11.5. The molecule has 5 heteroatoms. The van der Waals surface area contributed by atoms with Crippen LogP contribution >= 0.6 is 11.8 Å². The number of hydroxylamine groups is 2. The minimum atomic E-state index is -0.0701. The summed E-state index contributed by atoms with van der Waals surface area (Å²) in [5.74, 6) is 1.10. The summed E-state index contributed by atoms with van der Waals surface area (Å²) < 4.78 is 5.39. The molecular weight excluding hydrogens is 238 g/mol. The van der Waals surface area contributed by atoms with Crippen LogP contribution in [0.5, 0.6) is 5.75 Å². The molecule has 0 fully saturated rings. The first-order valence-corrected chi connectivity index (χ1v) is 6.32. The smallest absolute Gasteiger partial charge is 0.256 e. The first-order valence-electron chi connectivity index (χ1n) is 5.33. The minimum absolute atomic E-state index is 0.0701. The average Bonchev–Trinajstić information content (AvgIpc) is 2.36. The van der Waals surface area contributed by atoms with Gasteiger partial charge in [0.15, 0.2) is 0 Å². The summed E-state index contributed by atoms with van der Waals surface area (Å²) in [4.78, 5) is 17.3. The number of thioether (sulfide) groups is 1. The molecule has 0 aromatic heterocycles. The van der Waals surface area contributed by atoms with Crippen molar-refractivity contribution in [2.75, 3.05) is 26.5 Å². The van der Waals surface area contributed by atoms with Gasteiger partial charge in [-0.2, -0.15) is 0 Å². The molecule has 0 radical (unpaired) electrons. The molecule has 0 aliphatic carbocycles. The highest BCUT2D eigenvalue weighted by Gasteiger charge is 2.08. The SMILES string of the molecule is CCOc1cccc(SCC(=O)N(C)OC)c1. The van der Waals surface area contributed by atoms with E-state index in [-0.39, 0.29) is 5.91 Å². The van der Waals surface area contributed by atoms with Gasteiger partial charge >= 0.3 is 0 Å². The first-order chi connectivity index (χ1) is 8.17. The summed E-state index contributed by atoms with van der Waals surface area (Å²) in [6, 6.07) is 7.69. The van der Waals surface area contributed by atoms with E-state index in [9.17, 15) is 4.79 Å². The molecule has 0 saturated carbocycles. The van der Waals surface area contributed by atoms with Crippen LogP contribution in [-0.2, 0) is 9.63 Å². The molecule has 0 atom stereocenters. The van der Waals surface area contributed by atoms with Crippen LogP contribution in [0, 0.1) is 0 Å². The van der Waals surface area contributed by atoms with Gasteiger partial charge in [0.2, 0.25) is 0 Å². The zero-order valence-electron chi connectivity index (χ0n) is 10.3. The lowest BCUT2D eigenvalue weighted by Gasteiger charge is -2.13. The van der Waals surface area contributed by atoms with E-state index in [1.54, 1.807) is 7.05 Å². The van der Waals surface area contributed by atoms with E-state index in [1.165, 1.54) is 23.9 Å². The Morgan fingerprint density at radius 3 is 2.88 bits per heavy atom. The van der Waals surface area contributed by atoms with E-state index in [4.69, 9.17) is 9.57 Å². The van der Waals surface area contributed by atoms with Crippen LogP contribution in [0.15, 0.2) is 29.2 Å². The molecule has 0 aliphatic rings. The van der Waals surface area contributed by atoms with Crippen molar-refractivity contribution >= 4 is 17.7 Å². The Bertz CT molecular complexity index is 371. The first kappa shape index (κ1) is 13.9. The number of hydrogen-bond donors (Lipinski definition) is 0. The molecule has 0 bridgehead atoms. The molecule has 0 heterocycles. The predicted molar refractivity (Wildman–Crippen MR) is 68.1 cm³/mol. The van der Waals surface area contributed by atoms with Crippen molar-refractivity contribution in [2.24, 2.45) is 0 Å². The number of hydrogen-bond acceptors (Lipinski definition) is 4. The average molecular weight is 255 g/mol. The Balaban J connectivity index is 2.51. The quantitative estimate of drug-likeness (QED) is 0.577. The van der Waals surface area contributed by atoms with Crippen LogP contribution in [0.4, 0.5) is 0 Å². The van der Waals surface area contributed by atoms with Gasteiger partial charge in [-0.25, -0.2) is 5.06 Å². The van der Waals surface area contributed by atoms with Crippen molar-refractivity contribution in [3.63, 3.8) is 0 Å². The van der Waals surface area contributed by atoms with Crippen LogP contribution < -0.4 is 4.74 Å². The van der Waals surface area contributed by atoms with E-state index >= 15 is 0 Å². The van der Waals surface area contributed by atoms with E-state index in [2.05, 4.69) is 0 Å². The van der Waals surface area contributed by atoms with Gasteiger partial charge in [0.1, 0.15) is 5.75 Å². The van der Waals surface area contributed by atoms with Gasteiger partial charge in [0.05, 0.1) is 19.5 Å². The molecule has 0 saturated heterocycles. The number of nitrogens with zero attached hydrogens (tertiary/aromatic N) is 1. The third kappa shape index (κ3) is 4.66. The molecule has 0 aliphatic heterocycles. The van der Waals surface area contributed by atoms with Crippen LogP contribution in [0.25, 0.3) is 0 Å². The molecule has 0 spiro atoms. The fourth-order valence-electron chi connectivity index (χ4n) is 1.16. The maximum Gasteiger partial charge on any atom is 0.256 e. The van der Waals surface area contributed by atoms with Gasteiger partial charge in [-0.1, -0.05) is 6.07 Å². The Morgan fingerprint density at radius 1 is 1.47 bits per heavy atom. The number of rotatable bonds is 6. The third-order valence-corrected chi connectivity index (χ3v) is 3.08. The Labute approximate surface area is 106 Å². The summed E-state index contributed by atoms with van der Waals surface area (Å²) in [6.45, 7) is 2.58. The van der Waals surface area contributed by atoms with Gasteiger partial charge in [-0.3, -0.25) is 9.63 Å². The van der Waals surface area contributed by atoms with Crippen molar-refractivity contribution in [1.82, 2.24) is 5.06 Å². The second-order valence-electron chi connectivity index (χ2n) is 3.27. The van der Waals surface area contributed by atoms with Crippen molar-refractivity contribution in [1.29, 1.82) is 0 Å². The summed E-state index contributed by atoms with van der Waals surface area (Å²) in [7, 11) is 3.07. The highest BCUT2D eigenvalue weighted by Crippen LogP contribution is 2.23. The molecule has 4 nitrogen and oxygen atoms in total. The zero-order chi connectivity index (χ0) is 12.7. The van der Waals surface area contributed by atoms with Gasteiger partial charge < -0.3 is 4.74 Å². The molecule has 0 N–H and O–H groups in total. The molecule has 0 unspecified atom stereocenters. The Morgan fingerprint density at radius 2 is 2.24 bits per heavy atom. The molecule has 1 amide bonds. The van der Waals surface area contributed by atoms with E-state index in [1.807, 2.05) is 31.2 Å². The molecule has 17 heavy (non-hydrogen) atoms. The predicted octanol–water partition coefficient (Wildman–Crippen LogP) is 2.20. The molecule has 94 valence electrons. The lowest BCUT2D eigenvalue weighted by molar-refractivity contribution is -0.165. The van der Waals surface area contributed by atoms with Crippen molar-refractivity contribution < 1.29 is 14.4 Å². The molecular formula is C12H17NO3S. The lowest BCUT2D eigenvalue weighted by Crippen LogP contribution is -2.26. The summed E-state index contributed by atoms with van der Waals surface area (Å²) in [5.41, 5.74) is 0. The Kier molecular flexibility index (Phi) is 5.86. The monoisotopic (exact) mass is 255 g/mol. The third-order valence-electron chi connectivity index (χ3n) is 2.10. The number of benzene rings is 1. The van der Waals surface area contributed by atoms with Gasteiger partial charge in [-0.15, -0.1) is 11.8 Å². The molecule has 1 rings (SSSR count). The van der Waals surface area contributed by atoms with Crippen molar-refractivity contribution in [2.45, 2.75) is 11.8 Å². The van der Waals surface area contributed by atoms with E-state index in [0.29, 0.717) is 12.4 Å². The highest BCUT2D eigenvalue weighted by atomic mass is 32.2. The number of ether oxygens (including phenoxy) is 1. The van der Waals surface area contributed by atoms with Crippen molar-refractivity contribution in [3.05, 3.63) is 24.3 Å². The second kappa shape index (κ2) is 7.19. The minimum Gasteiger partial charge on any atom is -0.494 e. The number of amides is 1. The topological polar surface area (TPSA) is 38.8 Å². The number of carbonyl (C=O) groups excluding carboxylic acids is 1. The highest BCUT2D eigenvalue weighted by molar-refractivity contribution is 8.00. The summed E-state index contributed by atoms with van der Waals surface area (Å²) in [6.07, 6.45) is 0. The standard InChI is InChI=1S/C12H17NO3S/c1-4-16-10-6-5-7-11(8-10)17-9-12(14)13(2)15-3/h5-8H,4,9H2,1-3H3. The van der Waals surface area contributed by atoms with E-state index in [0.717, 1.165) is 10.6 Å². The zero-order valence-corrected chi connectivity index (χ0v) is 11.1. The van der Waals surface area contributed by atoms with Crippen LogP contribution in [-0.4, -0.2) is 37.5 Å². The summed E-state index contributed by atoms with van der Waals surface area (Å²) >= 11 is 1.46. The maximum atomic E-state index is 11.5.